The van der Waals surface area contributed by atoms with E-state index in [1.54, 1.807) is 0 Å². The first-order chi connectivity index (χ1) is 9.98. The van der Waals surface area contributed by atoms with Crippen molar-refractivity contribution in [3.05, 3.63) is 12.2 Å². The average Bonchev–Trinajstić information content (AvgIpc) is 2.41. The molecule has 0 aromatic carbocycles. The molecule has 1 saturated carbocycles. The molecule has 1 aliphatic rings. The predicted octanol–water partition coefficient (Wildman–Crippen LogP) is 3.80. The molecule has 0 bridgehead atoms. The molecular formula is C12H11F9O2. The van der Waals surface area contributed by atoms with Gasteiger partial charge in [-0.2, -0.15) is 26.3 Å². The molecule has 2 nitrogen and oxygen atoms in total. The Kier molecular flexibility index (Phi) is 4.30. The molecule has 0 heterocycles. The third-order valence-electron chi connectivity index (χ3n) is 3.63. The van der Waals surface area contributed by atoms with Crippen molar-refractivity contribution in [2.75, 3.05) is 6.61 Å². The number of rotatable bonds is 3. The zero-order chi connectivity index (χ0) is 18.6. The van der Waals surface area contributed by atoms with Crippen LogP contribution < -0.4 is 0 Å². The van der Waals surface area contributed by atoms with Gasteiger partial charge in [-0.1, -0.05) is 6.58 Å². The quantitative estimate of drug-likeness (QED) is 0.436. The molecule has 0 aliphatic heterocycles. The lowest BCUT2D eigenvalue weighted by molar-refractivity contribution is -0.405. The number of hydrogen-bond donors (Lipinski definition) is 0. The van der Waals surface area contributed by atoms with Crippen molar-refractivity contribution in [1.82, 2.24) is 0 Å². The maximum Gasteiger partial charge on any atom is 0.333 e. The van der Waals surface area contributed by atoms with E-state index in [2.05, 4.69) is 11.3 Å². The van der Waals surface area contributed by atoms with Crippen LogP contribution in [0.15, 0.2) is 12.2 Å². The lowest BCUT2D eigenvalue weighted by Gasteiger charge is -2.52. The van der Waals surface area contributed by atoms with Gasteiger partial charge in [0.1, 0.15) is 6.61 Å². The summed E-state index contributed by atoms with van der Waals surface area (Å²) in [5.74, 6) is -19.6. The van der Waals surface area contributed by atoms with Crippen LogP contribution in [0.1, 0.15) is 13.8 Å². The largest absolute Gasteiger partial charge is 0.458 e. The Morgan fingerprint density at radius 3 is 1.87 bits per heavy atom. The number of carbonyl (C=O) groups is 1. The first kappa shape index (κ1) is 19.6. The summed E-state index contributed by atoms with van der Waals surface area (Å²) < 4.78 is 126. The number of halogens is 9. The van der Waals surface area contributed by atoms with Crippen molar-refractivity contribution in [1.29, 1.82) is 0 Å². The van der Waals surface area contributed by atoms with Crippen LogP contribution in [-0.2, 0) is 9.53 Å². The molecule has 1 fully saturated rings. The summed E-state index contributed by atoms with van der Waals surface area (Å²) in [6.07, 6.45) is -4.90. The topological polar surface area (TPSA) is 26.3 Å². The van der Waals surface area contributed by atoms with Crippen LogP contribution in [0.2, 0.25) is 0 Å². The summed E-state index contributed by atoms with van der Waals surface area (Å²) in [5, 5.41) is 0. The third-order valence-corrected chi connectivity index (χ3v) is 3.63. The molecule has 11 heteroatoms. The Bertz CT molecular complexity index is 529. The van der Waals surface area contributed by atoms with Crippen LogP contribution in [0.3, 0.4) is 0 Å². The van der Waals surface area contributed by atoms with E-state index < -0.39 is 60.3 Å². The van der Waals surface area contributed by atoms with Gasteiger partial charge in [0.05, 0.1) is 0 Å². The number of ether oxygens (including phenoxy) is 1. The molecule has 0 aromatic rings. The standard InChI is InChI=1S/C12H11F9O2/c1-5(2)6(22)23-4-9(15)11(18,19)7(13)10(16,17)8(3,14)12(9,20)21/h7H,1,4H2,2-3H3. The SMILES string of the molecule is C=C(C)C(=O)OCC1(F)C(F)(F)C(F)C(F)(F)C(C)(F)C1(F)F. The average molecular weight is 358 g/mol. The van der Waals surface area contributed by atoms with Gasteiger partial charge in [-0.15, -0.1) is 0 Å². The fraction of sp³-hybridized carbons (Fsp3) is 0.750. The minimum Gasteiger partial charge on any atom is -0.458 e. The number of carbonyl (C=O) groups excluding carboxylic acids is 1. The number of alkyl halides is 9. The molecule has 23 heavy (non-hydrogen) atoms. The maximum atomic E-state index is 14.2. The summed E-state index contributed by atoms with van der Waals surface area (Å²) in [7, 11) is 0. The molecule has 0 radical (unpaired) electrons. The van der Waals surface area contributed by atoms with Gasteiger partial charge >= 0.3 is 23.7 Å². The Morgan fingerprint density at radius 1 is 1.04 bits per heavy atom. The second kappa shape index (κ2) is 5.04. The molecular weight excluding hydrogens is 347 g/mol. The van der Waals surface area contributed by atoms with E-state index in [1.165, 1.54) is 0 Å². The highest BCUT2D eigenvalue weighted by Crippen LogP contribution is 2.64. The summed E-state index contributed by atoms with van der Waals surface area (Å²) in [4.78, 5) is 11.0. The van der Waals surface area contributed by atoms with Gasteiger partial charge in [-0.25, -0.2) is 18.0 Å². The van der Waals surface area contributed by atoms with E-state index in [0.717, 1.165) is 6.92 Å². The van der Waals surface area contributed by atoms with E-state index in [9.17, 15) is 44.3 Å². The zero-order valence-electron chi connectivity index (χ0n) is 11.7. The third kappa shape index (κ3) is 2.22. The van der Waals surface area contributed by atoms with Crippen molar-refractivity contribution in [2.45, 2.75) is 49.1 Å². The van der Waals surface area contributed by atoms with Crippen molar-refractivity contribution in [2.24, 2.45) is 0 Å². The summed E-state index contributed by atoms with van der Waals surface area (Å²) in [5.41, 5.74) is -11.4. The van der Waals surface area contributed by atoms with Crippen LogP contribution in [-0.4, -0.2) is 47.9 Å². The zero-order valence-corrected chi connectivity index (χ0v) is 11.7. The van der Waals surface area contributed by atoms with Crippen molar-refractivity contribution in [3.63, 3.8) is 0 Å². The van der Waals surface area contributed by atoms with Gasteiger partial charge < -0.3 is 4.74 Å². The molecule has 0 aromatic heterocycles. The van der Waals surface area contributed by atoms with Gasteiger partial charge in [-0.3, -0.25) is 0 Å². The van der Waals surface area contributed by atoms with Crippen molar-refractivity contribution >= 4 is 5.97 Å². The van der Waals surface area contributed by atoms with Gasteiger partial charge in [0.2, 0.25) is 11.8 Å². The smallest absolute Gasteiger partial charge is 0.333 e. The maximum absolute atomic E-state index is 14.2. The Hall–Kier alpha value is -1.42. The van der Waals surface area contributed by atoms with Crippen LogP contribution in [0, 0.1) is 0 Å². The fourth-order valence-electron chi connectivity index (χ4n) is 1.93. The molecule has 134 valence electrons. The van der Waals surface area contributed by atoms with Gasteiger partial charge in [0, 0.05) is 5.57 Å². The second-order valence-electron chi connectivity index (χ2n) is 5.34. The Balaban J connectivity index is 3.43. The van der Waals surface area contributed by atoms with Crippen LogP contribution in [0.4, 0.5) is 39.5 Å². The van der Waals surface area contributed by atoms with Crippen molar-refractivity contribution in [3.8, 4) is 0 Å². The lowest BCUT2D eigenvalue weighted by atomic mass is 9.69. The summed E-state index contributed by atoms with van der Waals surface area (Å²) >= 11 is 0. The van der Waals surface area contributed by atoms with E-state index in [4.69, 9.17) is 0 Å². The second-order valence-corrected chi connectivity index (χ2v) is 5.34. The predicted molar refractivity (Wildman–Crippen MR) is 58.9 cm³/mol. The van der Waals surface area contributed by atoms with Crippen molar-refractivity contribution < 1.29 is 49.0 Å². The number of esters is 1. The van der Waals surface area contributed by atoms with E-state index in [1.807, 2.05) is 0 Å². The van der Waals surface area contributed by atoms with Crippen LogP contribution >= 0.6 is 0 Å². The fourth-order valence-corrected chi connectivity index (χ4v) is 1.93. The molecule has 3 unspecified atom stereocenters. The van der Waals surface area contributed by atoms with Gasteiger partial charge in [0.15, 0.2) is 0 Å². The molecule has 1 rings (SSSR count). The number of hydrogen-bond acceptors (Lipinski definition) is 2. The Labute approximate surface area is 124 Å². The van der Waals surface area contributed by atoms with E-state index >= 15 is 0 Å². The summed E-state index contributed by atoms with van der Waals surface area (Å²) in [6.45, 7) is 0.727. The van der Waals surface area contributed by atoms with Crippen LogP contribution in [0.25, 0.3) is 0 Å². The first-order valence-corrected chi connectivity index (χ1v) is 5.96. The Morgan fingerprint density at radius 2 is 1.48 bits per heavy atom. The van der Waals surface area contributed by atoms with E-state index in [0.29, 0.717) is 0 Å². The highest BCUT2D eigenvalue weighted by molar-refractivity contribution is 5.87. The highest BCUT2D eigenvalue weighted by atomic mass is 19.3. The molecule has 0 saturated heterocycles. The molecule has 0 spiro atoms. The minimum absolute atomic E-state index is 0.527. The van der Waals surface area contributed by atoms with Gasteiger partial charge in [-0.05, 0) is 13.8 Å². The van der Waals surface area contributed by atoms with Gasteiger partial charge in [0.25, 0.3) is 5.67 Å². The first-order valence-electron chi connectivity index (χ1n) is 5.96. The minimum atomic E-state index is -6.08. The molecule has 0 N–H and O–H groups in total. The monoisotopic (exact) mass is 358 g/mol. The molecule has 1 aliphatic carbocycles. The van der Waals surface area contributed by atoms with Crippen LogP contribution in [0.5, 0.6) is 0 Å². The van der Waals surface area contributed by atoms with E-state index in [-0.39, 0.29) is 0 Å². The highest BCUT2D eigenvalue weighted by Gasteiger charge is 2.92. The molecule has 0 amide bonds. The summed E-state index contributed by atoms with van der Waals surface area (Å²) in [6, 6.07) is 0. The molecule has 3 atom stereocenters. The normalized spacial score (nSPS) is 38.0. The lowest BCUT2D eigenvalue weighted by Crippen LogP contribution is -2.81.